The zero-order valence-electron chi connectivity index (χ0n) is 19.3. The summed E-state index contributed by atoms with van der Waals surface area (Å²) >= 11 is 0. The topological polar surface area (TPSA) is 122 Å². The molecule has 0 saturated carbocycles. The van der Waals surface area contributed by atoms with E-state index in [-0.39, 0.29) is 0 Å². The number of nitrogens with two attached hydrogens (primary N) is 1. The number of rotatable bonds is 5. The zero-order valence-corrected chi connectivity index (χ0v) is 19.3. The summed E-state index contributed by atoms with van der Waals surface area (Å²) in [5, 5.41) is 18.9. The summed E-state index contributed by atoms with van der Waals surface area (Å²) in [5.41, 5.74) is 9.44. The number of alkyl halides is 3. The van der Waals surface area contributed by atoms with Gasteiger partial charge in [0.2, 0.25) is 0 Å². The molecule has 1 saturated heterocycles. The van der Waals surface area contributed by atoms with E-state index in [2.05, 4.69) is 16.0 Å². The predicted molar refractivity (Wildman–Crippen MR) is 132 cm³/mol. The summed E-state index contributed by atoms with van der Waals surface area (Å²) in [4.78, 5) is 15.7. The van der Waals surface area contributed by atoms with Crippen molar-refractivity contribution < 1.29 is 18.0 Å². The largest absolute Gasteiger partial charge is 0.405 e. The molecular weight excluding hydrogens is 473 g/mol. The van der Waals surface area contributed by atoms with Gasteiger partial charge in [0.1, 0.15) is 18.2 Å². The average Bonchev–Trinajstić information content (AvgIpc) is 3.29. The highest BCUT2D eigenvalue weighted by atomic mass is 19.4. The molecule has 4 rings (SSSR count). The SMILES string of the molecule is N=C(C=CC(N)=C1C=CN2C(=C1)NC=C2c1cccc(NC(=O)NCC(F)(F)F)c1)N1CCNCC1. The number of amidine groups is 1. The number of anilines is 1. The maximum Gasteiger partial charge on any atom is 0.405 e. The van der Waals surface area contributed by atoms with Crippen molar-refractivity contribution in [2.75, 3.05) is 38.0 Å². The third-order valence-corrected chi connectivity index (χ3v) is 5.65. The van der Waals surface area contributed by atoms with Crippen LogP contribution in [-0.4, -0.2) is 60.6 Å². The number of nitrogens with one attached hydrogen (secondary N) is 5. The van der Waals surface area contributed by atoms with Crippen molar-refractivity contribution in [3.05, 3.63) is 83.6 Å². The van der Waals surface area contributed by atoms with Crippen LogP contribution in [0.3, 0.4) is 0 Å². The molecule has 190 valence electrons. The summed E-state index contributed by atoms with van der Waals surface area (Å²) < 4.78 is 36.9. The smallest absolute Gasteiger partial charge is 0.398 e. The Kier molecular flexibility index (Phi) is 7.34. The van der Waals surface area contributed by atoms with Gasteiger partial charge in [0.15, 0.2) is 0 Å². The monoisotopic (exact) mass is 500 g/mol. The predicted octanol–water partition coefficient (Wildman–Crippen LogP) is 2.59. The standard InChI is InChI=1S/C24H27F3N8O/c25-24(26,27)15-32-23(36)33-18-3-1-2-17(12-18)20-14-31-22-13-16(6-9-35(20)22)19(28)4-5-21(29)34-10-7-30-8-11-34/h1-6,9,12-14,29-31H,7-8,10-11,15,28H2,(H2,32,33,36). The molecule has 12 heteroatoms. The first-order chi connectivity index (χ1) is 17.2. The second-order valence-electron chi connectivity index (χ2n) is 8.26. The van der Waals surface area contributed by atoms with Crippen molar-refractivity contribution in [2.24, 2.45) is 5.73 Å². The normalized spacial score (nSPS) is 18.9. The van der Waals surface area contributed by atoms with E-state index >= 15 is 0 Å². The van der Waals surface area contributed by atoms with Crippen molar-refractivity contribution in [1.82, 2.24) is 25.8 Å². The highest BCUT2D eigenvalue weighted by molar-refractivity contribution is 5.91. The molecule has 0 radical (unpaired) electrons. The van der Waals surface area contributed by atoms with E-state index in [9.17, 15) is 18.0 Å². The van der Waals surface area contributed by atoms with Crippen LogP contribution in [0.5, 0.6) is 0 Å². The average molecular weight is 501 g/mol. The fraction of sp³-hybridized carbons (Fsp3) is 0.250. The minimum Gasteiger partial charge on any atom is -0.398 e. The lowest BCUT2D eigenvalue weighted by molar-refractivity contribution is -0.122. The molecule has 0 spiro atoms. The molecule has 36 heavy (non-hydrogen) atoms. The van der Waals surface area contributed by atoms with Crippen LogP contribution in [0.25, 0.3) is 5.70 Å². The molecule has 7 N–H and O–H groups in total. The van der Waals surface area contributed by atoms with Crippen LogP contribution >= 0.6 is 0 Å². The van der Waals surface area contributed by atoms with Crippen LogP contribution in [-0.2, 0) is 0 Å². The Morgan fingerprint density at radius 3 is 2.75 bits per heavy atom. The van der Waals surface area contributed by atoms with Crippen LogP contribution in [0.4, 0.5) is 23.7 Å². The van der Waals surface area contributed by atoms with E-state index in [1.165, 1.54) is 0 Å². The van der Waals surface area contributed by atoms with E-state index in [1.54, 1.807) is 41.9 Å². The number of hydrogen-bond donors (Lipinski definition) is 6. The van der Waals surface area contributed by atoms with Gasteiger partial charge in [-0.25, -0.2) is 4.79 Å². The Morgan fingerprint density at radius 2 is 2.00 bits per heavy atom. The molecule has 1 aromatic carbocycles. The summed E-state index contributed by atoms with van der Waals surface area (Å²) in [6.07, 6.45) is 6.29. The molecule has 0 aliphatic carbocycles. The number of carbonyl (C=O) groups is 1. The number of nitrogens with zero attached hydrogens (tertiary/aromatic N) is 2. The lowest BCUT2D eigenvalue weighted by Crippen LogP contribution is -2.45. The number of halogens is 3. The summed E-state index contributed by atoms with van der Waals surface area (Å²) in [7, 11) is 0. The quantitative estimate of drug-likeness (QED) is 0.273. The molecule has 3 heterocycles. The molecule has 2 amide bonds. The number of urea groups is 1. The maximum atomic E-state index is 12.3. The van der Waals surface area contributed by atoms with Gasteiger partial charge in [-0.05, 0) is 36.4 Å². The zero-order chi connectivity index (χ0) is 25.7. The first-order valence-electron chi connectivity index (χ1n) is 11.3. The fourth-order valence-corrected chi connectivity index (χ4v) is 3.82. The molecule has 0 bridgehead atoms. The van der Waals surface area contributed by atoms with Gasteiger partial charge in [0.25, 0.3) is 0 Å². The van der Waals surface area contributed by atoms with Gasteiger partial charge in [-0.3, -0.25) is 5.41 Å². The van der Waals surface area contributed by atoms with Crippen LogP contribution in [0.15, 0.2) is 78.1 Å². The van der Waals surface area contributed by atoms with E-state index in [1.807, 2.05) is 34.2 Å². The van der Waals surface area contributed by atoms with E-state index in [0.717, 1.165) is 48.8 Å². The summed E-state index contributed by atoms with van der Waals surface area (Å²) in [5.74, 6) is 1.18. The van der Waals surface area contributed by atoms with Gasteiger partial charge in [-0.2, -0.15) is 13.2 Å². The van der Waals surface area contributed by atoms with E-state index < -0.39 is 18.8 Å². The number of hydrogen-bond acceptors (Lipinski definition) is 6. The Hall–Kier alpha value is -4.19. The van der Waals surface area contributed by atoms with Crippen molar-refractivity contribution in [1.29, 1.82) is 5.41 Å². The second kappa shape index (κ2) is 10.6. The van der Waals surface area contributed by atoms with Gasteiger partial charge in [-0.15, -0.1) is 0 Å². The minimum atomic E-state index is -4.48. The number of benzene rings is 1. The van der Waals surface area contributed by atoms with Crippen LogP contribution < -0.4 is 27.0 Å². The van der Waals surface area contributed by atoms with Gasteiger partial charge >= 0.3 is 12.2 Å². The minimum absolute atomic E-state index is 0.355. The molecule has 0 unspecified atom stereocenters. The first-order valence-corrected chi connectivity index (χ1v) is 11.3. The van der Waals surface area contributed by atoms with E-state index in [4.69, 9.17) is 11.1 Å². The van der Waals surface area contributed by atoms with Gasteiger partial charge in [0.05, 0.1) is 5.70 Å². The lowest BCUT2D eigenvalue weighted by Gasteiger charge is -2.28. The molecular formula is C24H27F3N8O. The molecule has 1 aromatic rings. The van der Waals surface area contributed by atoms with Crippen LogP contribution in [0.2, 0.25) is 0 Å². The number of carbonyl (C=O) groups excluding carboxylic acids is 1. The number of amides is 2. The number of piperazine rings is 1. The molecule has 1 fully saturated rings. The Bertz CT molecular complexity index is 1180. The Morgan fingerprint density at radius 1 is 1.22 bits per heavy atom. The van der Waals surface area contributed by atoms with Gasteiger partial charge in [0, 0.05) is 61.1 Å². The molecule has 0 aromatic heterocycles. The Balaban J connectivity index is 1.41. The second-order valence-corrected chi connectivity index (χ2v) is 8.26. The summed E-state index contributed by atoms with van der Waals surface area (Å²) in [6, 6.07) is 5.85. The highest BCUT2D eigenvalue weighted by Gasteiger charge is 2.28. The van der Waals surface area contributed by atoms with Crippen molar-refractivity contribution in [2.45, 2.75) is 6.18 Å². The lowest BCUT2D eigenvalue weighted by atomic mass is 10.1. The van der Waals surface area contributed by atoms with Gasteiger partial charge in [-0.1, -0.05) is 12.1 Å². The van der Waals surface area contributed by atoms with Crippen molar-refractivity contribution >= 4 is 23.3 Å². The third-order valence-electron chi connectivity index (χ3n) is 5.65. The molecule has 9 nitrogen and oxygen atoms in total. The number of fused-ring (bicyclic) bond motifs is 1. The van der Waals surface area contributed by atoms with Crippen molar-refractivity contribution in [3.8, 4) is 0 Å². The number of allylic oxidation sites excluding steroid dienone is 4. The van der Waals surface area contributed by atoms with Gasteiger partial charge < -0.3 is 36.8 Å². The third kappa shape index (κ3) is 6.27. The maximum absolute atomic E-state index is 12.3. The summed E-state index contributed by atoms with van der Waals surface area (Å²) in [6.45, 7) is 1.86. The first kappa shape index (κ1) is 24.9. The highest BCUT2D eigenvalue weighted by Crippen LogP contribution is 2.32. The molecule has 0 atom stereocenters. The van der Waals surface area contributed by atoms with Crippen molar-refractivity contribution in [3.63, 3.8) is 0 Å². The van der Waals surface area contributed by atoms with Crippen LogP contribution in [0.1, 0.15) is 5.56 Å². The molecule has 3 aliphatic rings. The Labute approximate surface area is 206 Å². The fourth-order valence-electron chi connectivity index (χ4n) is 3.82. The molecule has 3 aliphatic heterocycles. The van der Waals surface area contributed by atoms with E-state index in [0.29, 0.717) is 17.2 Å². The van der Waals surface area contributed by atoms with Crippen LogP contribution in [0, 0.1) is 5.41 Å².